The Balaban J connectivity index is 2.34. The van der Waals surface area contributed by atoms with Crippen molar-refractivity contribution in [3.63, 3.8) is 0 Å². The van der Waals surface area contributed by atoms with Crippen LogP contribution in [0.25, 0.3) is 0 Å². The fourth-order valence-corrected chi connectivity index (χ4v) is 4.26. The first-order chi connectivity index (χ1) is 9.85. The standard InChI is InChI=1S/C12H16ClN3O4S/c13-9-4-5-12(11(6-9)16(17)18)21(19,20)15-10-3-1-2-8(10)7-14/h4-6,8,10,15H,1-3,7,14H2. The van der Waals surface area contributed by atoms with Crippen molar-refractivity contribution in [1.82, 2.24) is 4.72 Å². The van der Waals surface area contributed by atoms with E-state index >= 15 is 0 Å². The highest BCUT2D eigenvalue weighted by molar-refractivity contribution is 7.89. The van der Waals surface area contributed by atoms with Crippen LogP contribution in [0.5, 0.6) is 0 Å². The normalized spacial score (nSPS) is 22.4. The number of halogens is 1. The second kappa shape index (κ2) is 6.27. The second-order valence-electron chi connectivity index (χ2n) is 5.02. The minimum Gasteiger partial charge on any atom is -0.330 e. The van der Waals surface area contributed by atoms with Crippen molar-refractivity contribution in [3.8, 4) is 0 Å². The van der Waals surface area contributed by atoms with Crippen LogP contribution in [0.15, 0.2) is 23.1 Å². The van der Waals surface area contributed by atoms with Gasteiger partial charge in [-0.2, -0.15) is 0 Å². The van der Waals surface area contributed by atoms with Crippen LogP contribution in [-0.4, -0.2) is 25.9 Å². The minimum atomic E-state index is -3.99. The molecule has 1 saturated carbocycles. The summed E-state index contributed by atoms with van der Waals surface area (Å²) in [5.74, 6) is 0.0612. The highest BCUT2D eigenvalue weighted by Gasteiger charge is 2.33. The number of hydrogen-bond acceptors (Lipinski definition) is 5. The van der Waals surface area contributed by atoms with Crippen LogP contribution >= 0.6 is 11.6 Å². The lowest BCUT2D eigenvalue weighted by Gasteiger charge is -2.19. The largest absolute Gasteiger partial charge is 0.330 e. The molecule has 1 aromatic rings. The van der Waals surface area contributed by atoms with Crippen LogP contribution in [-0.2, 0) is 10.0 Å². The lowest BCUT2D eigenvalue weighted by Crippen LogP contribution is -2.39. The van der Waals surface area contributed by atoms with Gasteiger partial charge in [-0.3, -0.25) is 10.1 Å². The molecule has 0 aromatic heterocycles. The summed E-state index contributed by atoms with van der Waals surface area (Å²) >= 11 is 5.69. The molecule has 1 fully saturated rings. The average Bonchev–Trinajstić information content (AvgIpc) is 2.84. The first-order valence-corrected chi connectivity index (χ1v) is 8.37. The van der Waals surface area contributed by atoms with Crippen molar-refractivity contribution < 1.29 is 13.3 Å². The van der Waals surface area contributed by atoms with E-state index in [1.807, 2.05) is 0 Å². The SMILES string of the molecule is NCC1CCCC1NS(=O)(=O)c1ccc(Cl)cc1[N+](=O)[O-]. The van der Waals surface area contributed by atoms with Gasteiger partial charge in [-0.05, 0) is 37.4 Å². The molecule has 2 atom stereocenters. The van der Waals surface area contributed by atoms with Crippen LogP contribution < -0.4 is 10.5 Å². The lowest BCUT2D eigenvalue weighted by molar-refractivity contribution is -0.387. The topological polar surface area (TPSA) is 115 Å². The van der Waals surface area contributed by atoms with Gasteiger partial charge in [-0.1, -0.05) is 18.0 Å². The first kappa shape index (κ1) is 16.2. The average molecular weight is 334 g/mol. The molecular formula is C12H16ClN3O4S. The van der Waals surface area contributed by atoms with Crippen LogP contribution in [0.3, 0.4) is 0 Å². The maximum absolute atomic E-state index is 12.4. The van der Waals surface area contributed by atoms with Crippen molar-refractivity contribution >= 4 is 27.3 Å². The van der Waals surface area contributed by atoms with E-state index in [1.54, 1.807) is 0 Å². The maximum Gasteiger partial charge on any atom is 0.290 e. The van der Waals surface area contributed by atoms with Crippen LogP contribution in [0, 0.1) is 16.0 Å². The predicted molar refractivity (Wildman–Crippen MR) is 78.6 cm³/mol. The zero-order chi connectivity index (χ0) is 15.6. The number of benzene rings is 1. The van der Waals surface area contributed by atoms with Crippen LogP contribution in [0.4, 0.5) is 5.69 Å². The molecule has 0 amide bonds. The van der Waals surface area contributed by atoms with Gasteiger partial charge >= 0.3 is 0 Å². The molecule has 0 spiro atoms. The number of sulfonamides is 1. The Labute approximate surface area is 127 Å². The molecule has 1 aliphatic carbocycles. The molecule has 0 radical (unpaired) electrons. The van der Waals surface area contributed by atoms with Crippen LogP contribution in [0.1, 0.15) is 19.3 Å². The molecule has 116 valence electrons. The van der Waals surface area contributed by atoms with Crippen molar-refractivity contribution in [2.45, 2.75) is 30.2 Å². The molecule has 2 unspecified atom stereocenters. The number of nitrogens with zero attached hydrogens (tertiary/aromatic N) is 1. The number of nitrogens with one attached hydrogen (secondary N) is 1. The third-order valence-corrected chi connectivity index (χ3v) is 5.45. The summed E-state index contributed by atoms with van der Waals surface area (Å²) in [7, 11) is -3.99. The Bertz CT molecular complexity index is 650. The fraction of sp³-hybridized carbons (Fsp3) is 0.500. The van der Waals surface area contributed by atoms with Gasteiger partial charge in [0.15, 0.2) is 4.90 Å². The van der Waals surface area contributed by atoms with E-state index < -0.39 is 20.6 Å². The van der Waals surface area contributed by atoms with Gasteiger partial charge in [0, 0.05) is 17.1 Å². The summed E-state index contributed by atoms with van der Waals surface area (Å²) in [4.78, 5) is 9.88. The molecule has 0 saturated heterocycles. The van der Waals surface area contributed by atoms with Gasteiger partial charge in [0.25, 0.3) is 5.69 Å². The number of nitrogens with two attached hydrogens (primary N) is 1. The zero-order valence-electron chi connectivity index (χ0n) is 11.2. The van der Waals surface area contributed by atoms with Crippen LogP contribution in [0.2, 0.25) is 5.02 Å². The minimum absolute atomic E-state index is 0.0612. The van der Waals surface area contributed by atoms with E-state index in [1.165, 1.54) is 6.07 Å². The number of nitro benzene ring substituents is 1. The predicted octanol–water partition coefficient (Wildman–Crippen LogP) is 1.65. The molecule has 1 aliphatic rings. The Morgan fingerprint density at radius 1 is 1.43 bits per heavy atom. The molecule has 3 N–H and O–H groups in total. The van der Waals surface area contributed by atoms with Gasteiger partial charge in [0.1, 0.15) is 0 Å². The Morgan fingerprint density at radius 3 is 2.76 bits per heavy atom. The first-order valence-electron chi connectivity index (χ1n) is 6.51. The molecule has 2 rings (SSSR count). The van der Waals surface area contributed by atoms with Crippen molar-refractivity contribution in [2.75, 3.05) is 6.54 Å². The highest BCUT2D eigenvalue weighted by atomic mass is 35.5. The molecule has 1 aromatic carbocycles. The number of hydrogen-bond donors (Lipinski definition) is 2. The lowest BCUT2D eigenvalue weighted by atomic mass is 10.1. The van der Waals surface area contributed by atoms with Gasteiger partial charge in [-0.25, -0.2) is 13.1 Å². The third kappa shape index (κ3) is 3.52. The van der Waals surface area contributed by atoms with E-state index in [4.69, 9.17) is 17.3 Å². The van der Waals surface area contributed by atoms with E-state index in [0.717, 1.165) is 25.0 Å². The number of rotatable bonds is 5. The summed E-state index contributed by atoms with van der Waals surface area (Å²) in [5.41, 5.74) is 5.09. The van der Waals surface area contributed by atoms with Gasteiger partial charge < -0.3 is 5.73 Å². The molecule has 0 heterocycles. The van der Waals surface area contributed by atoms with Gasteiger partial charge in [0.2, 0.25) is 10.0 Å². The van der Waals surface area contributed by atoms with Crippen molar-refractivity contribution in [2.24, 2.45) is 11.7 Å². The molecular weight excluding hydrogens is 318 g/mol. The summed E-state index contributed by atoms with van der Waals surface area (Å²) in [6.07, 6.45) is 2.42. The summed E-state index contributed by atoms with van der Waals surface area (Å²) in [5, 5.41) is 11.1. The van der Waals surface area contributed by atoms with E-state index in [2.05, 4.69) is 4.72 Å². The third-order valence-electron chi connectivity index (χ3n) is 3.68. The summed E-state index contributed by atoms with van der Waals surface area (Å²) < 4.78 is 27.3. The smallest absolute Gasteiger partial charge is 0.290 e. The monoisotopic (exact) mass is 333 g/mol. The number of nitro groups is 1. The quantitative estimate of drug-likeness (QED) is 0.628. The molecule has 21 heavy (non-hydrogen) atoms. The Morgan fingerprint density at radius 2 is 2.14 bits per heavy atom. The van der Waals surface area contributed by atoms with E-state index in [0.29, 0.717) is 13.0 Å². The molecule has 0 aliphatic heterocycles. The Hall–Kier alpha value is -1.22. The van der Waals surface area contributed by atoms with Crippen molar-refractivity contribution in [1.29, 1.82) is 0 Å². The molecule has 9 heteroatoms. The summed E-state index contributed by atoms with van der Waals surface area (Å²) in [6.45, 7) is 0.385. The van der Waals surface area contributed by atoms with Gasteiger partial charge in [0.05, 0.1) is 4.92 Å². The van der Waals surface area contributed by atoms with E-state index in [9.17, 15) is 18.5 Å². The maximum atomic E-state index is 12.4. The van der Waals surface area contributed by atoms with Gasteiger partial charge in [-0.15, -0.1) is 0 Å². The molecule has 7 nitrogen and oxygen atoms in total. The second-order valence-corrected chi connectivity index (χ2v) is 7.14. The molecule has 0 bridgehead atoms. The fourth-order valence-electron chi connectivity index (χ4n) is 2.60. The van der Waals surface area contributed by atoms with E-state index in [-0.39, 0.29) is 21.9 Å². The highest BCUT2D eigenvalue weighted by Crippen LogP contribution is 2.30. The zero-order valence-corrected chi connectivity index (χ0v) is 12.7. The summed E-state index contributed by atoms with van der Waals surface area (Å²) in [6, 6.07) is 3.22. The Kier molecular flexibility index (Phi) is 4.82. The van der Waals surface area contributed by atoms with Crippen molar-refractivity contribution in [3.05, 3.63) is 33.3 Å².